The number of thiazole rings is 1. The second-order valence-corrected chi connectivity index (χ2v) is 6.30. The van der Waals surface area contributed by atoms with Gasteiger partial charge in [0, 0.05) is 12.6 Å². The molecule has 0 aliphatic rings. The molecule has 0 N–H and O–H groups in total. The summed E-state index contributed by atoms with van der Waals surface area (Å²) in [5, 5.41) is 1.02. The number of carbonyl (C=O) groups excluding carboxylic acids is 1. The highest BCUT2D eigenvalue weighted by atomic mass is 32.1. The molecule has 1 aromatic heterocycles. The molecule has 0 aliphatic carbocycles. The zero-order valence-corrected chi connectivity index (χ0v) is 13.6. The van der Waals surface area contributed by atoms with Crippen LogP contribution < -0.4 is 4.90 Å². The van der Waals surface area contributed by atoms with Gasteiger partial charge in [-0.15, -0.1) is 0 Å². The van der Waals surface area contributed by atoms with Crippen molar-refractivity contribution in [2.45, 2.75) is 59.9 Å². The molecule has 0 bridgehead atoms. The van der Waals surface area contributed by atoms with Crippen LogP contribution in [0.5, 0.6) is 0 Å². The highest BCUT2D eigenvalue weighted by Crippen LogP contribution is 2.29. The first-order valence-corrected chi connectivity index (χ1v) is 8.10. The van der Waals surface area contributed by atoms with E-state index in [1.807, 2.05) is 0 Å². The van der Waals surface area contributed by atoms with Gasteiger partial charge in [0.25, 0.3) is 0 Å². The van der Waals surface area contributed by atoms with Crippen LogP contribution in [0.2, 0.25) is 0 Å². The smallest absolute Gasteiger partial charge is 0.186 e. The number of hydrogen-bond donors (Lipinski definition) is 0. The van der Waals surface area contributed by atoms with Crippen molar-refractivity contribution in [3.8, 4) is 0 Å². The van der Waals surface area contributed by atoms with Gasteiger partial charge in [0.2, 0.25) is 0 Å². The maximum atomic E-state index is 11.1. The summed E-state index contributed by atoms with van der Waals surface area (Å²) in [5.74, 6) is 0.592. The molecule has 0 saturated heterocycles. The normalized spacial score (nSPS) is 11.3. The Morgan fingerprint density at radius 1 is 1.26 bits per heavy atom. The summed E-state index contributed by atoms with van der Waals surface area (Å²) < 4.78 is 0. The summed E-state index contributed by atoms with van der Waals surface area (Å²) in [4.78, 5) is 19.0. The van der Waals surface area contributed by atoms with E-state index in [-0.39, 0.29) is 0 Å². The molecular weight excluding hydrogens is 256 g/mol. The SMILES string of the molecule is CCc1nc(N(CC(C)C)C(CC)CC)sc1C=O. The van der Waals surface area contributed by atoms with Gasteiger partial charge >= 0.3 is 0 Å². The first kappa shape index (κ1) is 16.2. The van der Waals surface area contributed by atoms with Gasteiger partial charge in [0.15, 0.2) is 11.4 Å². The fourth-order valence-electron chi connectivity index (χ4n) is 2.33. The van der Waals surface area contributed by atoms with Gasteiger partial charge in [-0.2, -0.15) is 0 Å². The summed E-state index contributed by atoms with van der Waals surface area (Å²) in [6.07, 6.45) is 3.99. The number of aldehydes is 1. The van der Waals surface area contributed by atoms with E-state index in [4.69, 9.17) is 0 Å². The summed E-state index contributed by atoms with van der Waals surface area (Å²) in [7, 11) is 0. The number of rotatable bonds is 8. The van der Waals surface area contributed by atoms with Crippen molar-refractivity contribution in [2.24, 2.45) is 5.92 Å². The number of carbonyl (C=O) groups is 1. The number of aryl methyl sites for hydroxylation is 1. The molecule has 1 heterocycles. The Kier molecular flexibility index (Phi) is 6.49. The first-order valence-electron chi connectivity index (χ1n) is 7.28. The Labute approximate surface area is 121 Å². The quantitative estimate of drug-likeness (QED) is 0.671. The number of hydrogen-bond acceptors (Lipinski definition) is 4. The molecule has 4 heteroatoms. The van der Waals surface area contributed by atoms with Crippen LogP contribution in [0.25, 0.3) is 0 Å². The zero-order valence-electron chi connectivity index (χ0n) is 12.8. The summed E-state index contributed by atoms with van der Waals surface area (Å²) in [6.45, 7) is 11.9. The van der Waals surface area contributed by atoms with Gasteiger partial charge in [-0.05, 0) is 25.2 Å². The monoisotopic (exact) mass is 282 g/mol. The summed E-state index contributed by atoms with van der Waals surface area (Å²) in [5.41, 5.74) is 0.940. The predicted octanol–water partition coefficient (Wildman–Crippen LogP) is 4.17. The molecule has 0 fully saturated rings. The molecule has 0 amide bonds. The average molecular weight is 282 g/mol. The second-order valence-electron chi connectivity index (χ2n) is 5.30. The highest BCUT2D eigenvalue weighted by molar-refractivity contribution is 7.17. The van der Waals surface area contributed by atoms with Crippen LogP contribution in [-0.2, 0) is 6.42 Å². The molecule has 0 radical (unpaired) electrons. The maximum absolute atomic E-state index is 11.1. The minimum absolute atomic E-state index is 0.512. The number of nitrogens with zero attached hydrogens (tertiary/aromatic N) is 2. The Hall–Kier alpha value is -0.900. The van der Waals surface area contributed by atoms with E-state index in [2.05, 4.69) is 44.5 Å². The average Bonchev–Trinajstić information content (AvgIpc) is 2.81. The molecule has 0 aromatic carbocycles. The lowest BCUT2D eigenvalue weighted by molar-refractivity contribution is 0.112. The molecule has 0 unspecified atom stereocenters. The molecule has 1 rings (SSSR count). The van der Waals surface area contributed by atoms with Crippen molar-refractivity contribution in [1.29, 1.82) is 0 Å². The van der Waals surface area contributed by atoms with Crippen molar-refractivity contribution in [3.05, 3.63) is 10.6 Å². The molecule has 0 spiro atoms. The van der Waals surface area contributed by atoms with Crippen LogP contribution >= 0.6 is 11.3 Å². The van der Waals surface area contributed by atoms with Crippen LogP contribution in [0.4, 0.5) is 5.13 Å². The maximum Gasteiger partial charge on any atom is 0.186 e. The van der Waals surface area contributed by atoms with Crippen molar-refractivity contribution >= 4 is 22.8 Å². The van der Waals surface area contributed by atoms with Crippen molar-refractivity contribution < 1.29 is 4.79 Å². The van der Waals surface area contributed by atoms with Gasteiger partial charge in [-0.3, -0.25) is 4.79 Å². The summed E-state index contributed by atoms with van der Waals surface area (Å²) in [6, 6.07) is 0.512. The van der Waals surface area contributed by atoms with Crippen molar-refractivity contribution in [3.63, 3.8) is 0 Å². The molecule has 108 valence electrons. The molecule has 0 aliphatic heterocycles. The molecule has 19 heavy (non-hydrogen) atoms. The molecule has 0 saturated carbocycles. The second kappa shape index (κ2) is 7.63. The van der Waals surface area contributed by atoms with Crippen LogP contribution in [-0.4, -0.2) is 23.9 Å². The Balaban J connectivity index is 3.08. The van der Waals surface area contributed by atoms with Crippen molar-refractivity contribution in [1.82, 2.24) is 4.98 Å². The zero-order chi connectivity index (χ0) is 14.4. The lowest BCUT2D eigenvalue weighted by Crippen LogP contribution is -2.37. The topological polar surface area (TPSA) is 33.2 Å². The molecule has 3 nitrogen and oxygen atoms in total. The third kappa shape index (κ3) is 4.03. The number of aromatic nitrogens is 1. The molecule has 0 atom stereocenters. The van der Waals surface area contributed by atoms with Gasteiger partial charge in [0.05, 0.1) is 10.6 Å². The summed E-state index contributed by atoms with van der Waals surface area (Å²) >= 11 is 1.54. The largest absolute Gasteiger partial charge is 0.345 e. The van der Waals surface area contributed by atoms with Gasteiger partial charge in [-0.25, -0.2) is 4.98 Å². The van der Waals surface area contributed by atoms with Crippen LogP contribution in [0.3, 0.4) is 0 Å². The Morgan fingerprint density at radius 2 is 1.89 bits per heavy atom. The fraction of sp³-hybridized carbons (Fsp3) is 0.733. The van der Waals surface area contributed by atoms with Crippen LogP contribution in [0, 0.1) is 5.92 Å². The number of anilines is 1. The standard InChI is InChI=1S/C15H26N2OS/c1-6-12(7-2)17(9-11(4)5)15-16-13(8-3)14(10-18)19-15/h10-12H,6-9H2,1-5H3. The van der Waals surface area contributed by atoms with Crippen LogP contribution in [0.1, 0.15) is 62.8 Å². The first-order chi connectivity index (χ1) is 9.07. The van der Waals surface area contributed by atoms with E-state index in [1.165, 1.54) is 11.3 Å². The Bertz CT molecular complexity index is 397. The van der Waals surface area contributed by atoms with E-state index in [9.17, 15) is 4.79 Å². The van der Waals surface area contributed by atoms with E-state index < -0.39 is 0 Å². The molecular formula is C15H26N2OS. The third-order valence-corrected chi connectivity index (χ3v) is 4.41. The fourth-order valence-corrected chi connectivity index (χ4v) is 3.37. The van der Waals surface area contributed by atoms with E-state index >= 15 is 0 Å². The van der Waals surface area contributed by atoms with E-state index in [0.29, 0.717) is 12.0 Å². The Morgan fingerprint density at radius 3 is 2.26 bits per heavy atom. The van der Waals surface area contributed by atoms with Crippen LogP contribution in [0.15, 0.2) is 0 Å². The lowest BCUT2D eigenvalue weighted by atomic mass is 10.1. The predicted molar refractivity (Wildman–Crippen MR) is 83.4 cm³/mol. The van der Waals surface area contributed by atoms with E-state index in [1.54, 1.807) is 0 Å². The van der Waals surface area contributed by atoms with Gasteiger partial charge in [-0.1, -0.05) is 46.0 Å². The van der Waals surface area contributed by atoms with Crippen molar-refractivity contribution in [2.75, 3.05) is 11.4 Å². The van der Waals surface area contributed by atoms with Gasteiger partial charge < -0.3 is 4.90 Å². The minimum Gasteiger partial charge on any atom is -0.345 e. The molecule has 1 aromatic rings. The third-order valence-electron chi connectivity index (χ3n) is 3.35. The van der Waals surface area contributed by atoms with E-state index in [0.717, 1.165) is 47.8 Å². The lowest BCUT2D eigenvalue weighted by Gasteiger charge is -2.31. The minimum atomic E-state index is 0.512. The highest BCUT2D eigenvalue weighted by Gasteiger charge is 2.21. The van der Waals surface area contributed by atoms with Gasteiger partial charge in [0.1, 0.15) is 0 Å².